The lowest BCUT2D eigenvalue weighted by Gasteiger charge is -2.28. The monoisotopic (exact) mass is 274 g/mol. The van der Waals surface area contributed by atoms with Crippen LogP contribution < -0.4 is 15.4 Å². The SMILES string of the molecule is CCC(=O)C1=C(C)NC(=O)N[C@@H]1c1ccc(OC)cc1. The van der Waals surface area contributed by atoms with E-state index in [2.05, 4.69) is 10.6 Å². The van der Waals surface area contributed by atoms with Crippen molar-refractivity contribution in [2.24, 2.45) is 0 Å². The molecule has 2 amide bonds. The van der Waals surface area contributed by atoms with Gasteiger partial charge in [0.1, 0.15) is 5.75 Å². The Morgan fingerprint density at radius 2 is 1.95 bits per heavy atom. The van der Waals surface area contributed by atoms with Gasteiger partial charge in [-0.2, -0.15) is 0 Å². The predicted molar refractivity (Wildman–Crippen MR) is 75.4 cm³/mol. The van der Waals surface area contributed by atoms with E-state index in [1.807, 2.05) is 31.2 Å². The number of carbonyl (C=O) groups is 2. The molecule has 0 bridgehead atoms. The minimum absolute atomic E-state index is 0.0239. The highest BCUT2D eigenvalue weighted by atomic mass is 16.5. The van der Waals surface area contributed by atoms with Crippen molar-refractivity contribution in [2.45, 2.75) is 26.3 Å². The van der Waals surface area contributed by atoms with Crippen molar-refractivity contribution in [1.29, 1.82) is 0 Å². The molecular weight excluding hydrogens is 256 g/mol. The second kappa shape index (κ2) is 5.77. The van der Waals surface area contributed by atoms with E-state index in [9.17, 15) is 9.59 Å². The van der Waals surface area contributed by atoms with Gasteiger partial charge in [0.2, 0.25) is 0 Å². The molecule has 0 aromatic heterocycles. The first kappa shape index (κ1) is 14.1. The number of nitrogens with one attached hydrogen (secondary N) is 2. The van der Waals surface area contributed by atoms with E-state index < -0.39 is 6.04 Å². The third-order valence-electron chi connectivity index (χ3n) is 3.34. The fourth-order valence-electron chi connectivity index (χ4n) is 2.30. The normalized spacial score (nSPS) is 18.4. The van der Waals surface area contributed by atoms with Crippen LogP contribution in [0.4, 0.5) is 4.79 Å². The molecule has 106 valence electrons. The molecule has 1 aliphatic heterocycles. The Balaban J connectivity index is 2.42. The number of ketones is 1. The number of hydrogen-bond donors (Lipinski definition) is 2. The summed E-state index contributed by atoms with van der Waals surface area (Å²) in [6.07, 6.45) is 0.400. The number of urea groups is 1. The lowest BCUT2D eigenvalue weighted by Crippen LogP contribution is -2.45. The Morgan fingerprint density at radius 3 is 2.50 bits per heavy atom. The summed E-state index contributed by atoms with van der Waals surface area (Å²) < 4.78 is 5.12. The lowest BCUT2D eigenvalue weighted by atomic mass is 9.91. The van der Waals surface area contributed by atoms with Crippen molar-refractivity contribution in [3.8, 4) is 5.75 Å². The fraction of sp³-hybridized carbons (Fsp3) is 0.333. The summed E-state index contributed by atoms with van der Waals surface area (Å²) in [6.45, 7) is 3.56. The summed E-state index contributed by atoms with van der Waals surface area (Å²) in [7, 11) is 1.59. The van der Waals surface area contributed by atoms with Crippen molar-refractivity contribution >= 4 is 11.8 Å². The quantitative estimate of drug-likeness (QED) is 0.885. The van der Waals surface area contributed by atoms with Gasteiger partial charge in [0.15, 0.2) is 5.78 Å². The molecule has 1 atom stereocenters. The Labute approximate surface area is 118 Å². The topological polar surface area (TPSA) is 67.4 Å². The zero-order valence-corrected chi connectivity index (χ0v) is 11.8. The van der Waals surface area contributed by atoms with Gasteiger partial charge in [-0.3, -0.25) is 4.79 Å². The molecule has 5 nitrogen and oxygen atoms in total. The summed E-state index contributed by atoms with van der Waals surface area (Å²) in [5.41, 5.74) is 2.08. The maximum atomic E-state index is 12.1. The molecule has 2 N–H and O–H groups in total. The zero-order valence-electron chi connectivity index (χ0n) is 11.8. The zero-order chi connectivity index (χ0) is 14.7. The second-order valence-corrected chi connectivity index (χ2v) is 4.62. The summed E-state index contributed by atoms with van der Waals surface area (Å²) >= 11 is 0. The van der Waals surface area contributed by atoms with Crippen molar-refractivity contribution < 1.29 is 14.3 Å². The molecule has 1 aromatic rings. The smallest absolute Gasteiger partial charge is 0.319 e. The average Bonchev–Trinajstić information content (AvgIpc) is 2.46. The van der Waals surface area contributed by atoms with Crippen LogP contribution in [0, 0.1) is 0 Å². The minimum Gasteiger partial charge on any atom is -0.497 e. The minimum atomic E-state index is -0.415. The highest BCUT2D eigenvalue weighted by Crippen LogP contribution is 2.29. The van der Waals surface area contributed by atoms with E-state index >= 15 is 0 Å². The largest absolute Gasteiger partial charge is 0.497 e. The maximum absolute atomic E-state index is 12.1. The summed E-state index contributed by atoms with van der Waals surface area (Å²) in [6, 6.07) is 6.62. The standard InChI is InChI=1S/C15H18N2O3/c1-4-12(18)13-9(2)16-15(19)17-14(13)10-5-7-11(20-3)8-6-10/h5-8,14H,4H2,1-3H3,(H2,16,17,19)/t14-/m1/s1. The molecule has 0 saturated carbocycles. The molecule has 1 heterocycles. The molecular formula is C15H18N2O3. The Kier molecular flexibility index (Phi) is 4.08. The number of Topliss-reactive ketones (excluding diaryl/α,β-unsaturated/α-hetero) is 1. The van der Waals surface area contributed by atoms with E-state index in [0.29, 0.717) is 17.7 Å². The first-order chi connectivity index (χ1) is 9.56. The van der Waals surface area contributed by atoms with Crippen LogP contribution in [0.5, 0.6) is 5.75 Å². The van der Waals surface area contributed by atoms with Crippen molar-refractivity contribution in [2.75, 3.05) is 7.11 Å². The van der Waals surface area contributed by atoms with Gasteiger partial charge < -0.3 is 15.4 Å². The van der Waals surface area contributed by atoms with Gasteiger partial charge in [-0.25, -0.2) is 4.79 Å². The van der Waals surface area contributed by atoms with Gasteiger partial charge in [-0.15, -0.1) is 0 Å². The van der Waals surface area contributed by atoms with Gasteiger partial charge in [-0.05, 0) is 24.6 Å². The third kappa shape index (κ3) is 2.66. The molecule has 0 radical (unpaired) electrons. The number of methoxy groups -OCH3 is 1. The number of carbonyl (C=O) groups excluding carboxylic acids is 2. The average molecular weight is 274 g/mol. The number of allylic oxidation sites excluding steroid dienone is 1. The van der Waals surface area contributed by atoms with Crippen LogP contribution in [-0.4, -0.2) is 18.9 Å². The summed E-state index contributed by atoms with van der Waals surface area (Å²) in [4.78, 5) is 23.8. The van der Waals surface area contributed by atoms with Crippen molar-refractivity contribution in [3.63, 3.8) is 0 Å². The molecule has 1 aromatic carbocycles. The van der Waals surface area contributed by atoms with E-state index in [4.69, 9.17) is 4.74 Å². The van der Waals surface area contributed by atoms with E-state index in [1.165, 1.54) is 0 Å². The number of amides is 2. The highest BCUT2D eigenvalue weighted by Gasteiger charge is 2.29. The molecule has 0 spiro atoms. The molecule has 0 unspecified atom stereocenters. The van der Waals surface area contributed by atoms with E-state index in [-0.39, 0.29) is 11.8 Å². The fourth-order valence-corrected chi connectivity index (χ4v) is 2.30. The van der Waals surface area contributed by atoms with Crippen LogP contribution in [0.2, 0.25) is 0 Å². The van der Waals surface area contributed by atoms with Gasteiger partial charge in [-0.1, -0.05) is 19.1 Å². The first-order valence-corrected chi connectivity index (χ1v) is 6.52. The van der Waals surface area contributed by atoms with Gasteiger partial charge in [0, 0.05) is 17.7 Å². The molecule has 0 fully saturated rings. The molecule has 0 saturated heterocycles. The summed E-state index contributed by atoms with van der Waals surface area (Å²) in [5, 5.41) is 5.45. The number of benzene rings is 1. The summed E-state index contributed by atoms with van der Waals surface area (Å²) in [5.74, 6) is 0.758. The third-order valence-corrected chi connectivity index (χ3v) is 3.34. The van der Waals surface area contributed by atoms with E-state index in [0.717, 1.165) is 11.3 Å². The van der Waals surface area contributed by atoms with Crippen molar-refractivity contribution in [1.82, 2.24) is 10.6 Å². The van der Waals surface area contributed by atoms with E-state index in [1.54, 1.807) is 14.0 Å². The highest BCUT2D eigenvalue weighted by molar-refractivity contribution is 5.99. The lowest BCUT2D eigenvalue weighted by molar-refractivity contribution is -0.115. The number of hydrogen-bond acceptors (Lipinski definition) is 3. The van der Waals surface area contributed by atoms with Gasteiger partial charge >= 0.3 is 6.03 Å². The predicted octanol–water partition coefficient (Wildman–Crippen LogP) is 2.30. The Morgan fingerprint density at radius 1 is 1.30 bits per heavy atom. The molecule has 5 heteroatoms. The Hall–Kier alpha value is -2.30. The second-order valence-electron chi connectivity index (χ2n) is 4.62. The van der Waals surface area contributed by atoms with Crippen LogP contribution in [0.15, 0.2) is 35.5 Å². The Bertz CT molecular complexity index is 561. The molecule has 20 heavy (non-hydrogen) atoms. The van der Waals surface area contributed by atoms with Crippen LogP contribution in [0.25, 0.3) is 0 Å². The number of ether oxygens (including phenoxy) is 1. The molecule has 2 rings (SSSR count). The maximum Gasteiger partial charge on any atom is 0.319 e. The van der Waals surface area contributed by atoms with Gasteiger partial charge in [0.25, 0.3) is 0 Å². The van der Waals surface area contributed by atoms with Crippen LogP contribution in [0.1, 0.15) is 31.9 Å². The molecule has 0 aliphatic carbocycles. The van der Waals surface area contributed by atoms with Crippen LogP contribution >= 0.6 is 0 Å². The van der Waals surface area contributed by atoms with Crippen LogP contribution in [-0.2, 0) is 4.79 Å². The molecule has 1 aliphatic rings. The van der Waals surface area contributed by atoms with Crippen LogP contribution in [0.3, 0.4) is 0 Å². The van der Waals surface area contributed by atoms with Gasteiger partial charge in [0.05, 0.1) is 13.2 Å². The van der Waals surface area contributed by atoms with Crippen molar-refractivity contribution in [3.05, 3.63) is 41.1 Å². The first-order valence-electron chi connectivity index (χ1n) is 6.52. The number of rotatable bonds is 4.